The summed E-state index contributed by atoms with van der Waals surface area (Å²) in [5.74, 6) is -2.65. The molecular weight excluding hydrogens is 532 g/mol. The number of carbonyl (C=O) groups is 2. The number of nitrogens with zero attached hydrogens (tertiary/aromatic N) is 5. The number of benzene rings is 3. The second-order valence-corrected chi connectivity index (χ2v) is 8.66. The first-order chi connectivity index (χ1) is 19.7. The van der Waals surface area contributed by atoms with Crippen LogP contribution in [0.15, 0.2) is 72.8 Å². The van der Waals surface area contributed by atoms with E-state index in [9.17, 15) is 30.1 Å². The molecule has 0 saturated heterocycles. The molecule has 1 amide bonds. The zero-order valence-electron chi connectivity index (χ0n) is 21.8. The first-order valence-corrected chi connectivity index (χ1v) is 12.0. The van der Waals surface area contributed by atoms with Crippen molar-refractivity contribution in [1.82, 2.24) is 14.9 Å². The van der Waals surface area contributed by atoms with Crippen molar-refractivity contribution >= 4 is 23.4 Å². The molecule has 0 radical (unpaired) electrons. The number of hydrogen-bond donors (Lipinski definition) is 2. The predicted molar refractivity (Wildman–Crippen MR) is 145 cm³/mol. The third-order valence-electron chi connectivity index (χ3n) is 5.56. The summed E-state index contributed by atoms with van der Waals surface area (Å²) in [6.07, 6.45) is 0. The minimum Gasteiger partial charge on any atom is -0.478 e. The lowest BCUT2D eigenvalue weighted by atomic mass is 10.1. The molecule has 1 aromatic heterocycles. The molecule has 13 heteroatoms. The molecule has 0 atom stereocenters. The van der Waals surface area contributed by atoms with Gasteiger partial charge in [0.05, 0.1) is 16.6 Å². The van der Waals surface area contributed by atoms with Gasteiger partial charge in [-0.1, -0.05) is 36.4 Å². The number of hydrogen-bond acceptors (Lipinski definition) is 10. The number of ether oxygens (including phenoxy) is 2. The van der Waals surface area contributed by atoms with Crippen LogP contribution in [0.1, 0.15) is 31.8 Å². The maximum atomic E-state index is 12.4. The van der Waals surface area contributed by atoms with Crippen LogP contribution in [0.3, 0.4) is 0 Å². The highest BCUT2D eigenvalue weighted by Crippen LogP contribution is 2.38. The van der Waals surface area contributed by atoms with Crippen molar-refractivity contribution in [3.63, 3.8) is 0 Å². The largest absolute Gasteiger partial charge is 0.478 e. The van der Waals surface area contributed by atoms with Crippen molar-refractivity contribution in [1.29, 1.82) is 5.26 Å². The molecule has 4 aromatic rings. The number of anilines is 1. The number of carbonyl (C=O) groups excluding carboxylic acids is 1. The van der Waals surface area contributed by atoms with E-state index in [1.54, 1.807) is 44.4 Å². The van der Waals surface area contributed by atoms with E-state index in [-0.39, 0.29) is 46.5 Å². The van der Waals surface area contributed by atoms with Crippen molar-refractivity contribution in [2.24, 2.45) is 0 Å². The van der Waals surface area contributed by atoms with Gasteiger partial charge in [-0.25, -0.2) is 4.79 Å². The van der Waals surface area contributed by atoms with Gasteiger partial charge in [-0.3, -0.25) is 14.9 Å². The molecule has 0 unspecified atom stereocenters. The third kappa shape index (κ3) is 6.70. The van der Waals surface area contributed by atoms with E-state index in [4.69, 9.17) is 9.47 Å². The molecule has 1 heterocycles. The number of nitriles is 1. The van der Waals surface area contributed by atoms with E-state index < -0.39 is 28.5 Å². The number of nitro groups is 1. The van der Waals surface area contributed by atoms with Crippen LogP contribution in [-0.4, -0.2) is 50.9 Å². The number of carboxylic acid groups (broad SMARTS) is 1. The SMILES string of the molecule is CN(C)C(=O)c1cccc(Oc2nc(Oc3cc(C#N)ccc3C(=O)O)nc(NCc3ccccc3)c2[N+](=O)[O-])c1. The highest BCUT2D eigenvalue weighted by atomic mass is 16.6. The molecule has 0 fully saturated rings. The molecule has 2 N–H and O–H groups in total. The Morgan fingerprint density at radius 1 is 1.05 bits per heavy atom. The fourth-order valence-electron chi connectivity index (χ4n) is 3.61. The smallest absolute Gasteiger partial charge is 0.373 e. The molecule has 0 bridgehead atoms. The second kappa shape index (κ2) is 12.2. The fourth-order valence-corrected chi connectivity index (χ4v) is 3.61. The number of rotatable bonds is 10. The quantitative estimate of drug-likeness (QED) is 0.202. The first-order valence-electron chi connectivity index (χ1n) is 12.0. The molecule has 13 nitrogen and oxygen atoms in total. The summed E-state index contributed by atoms with van der Waals surface area (Å²) in [6.45, 7) is 0.134. The Labute approximate surface area is 233 Å². The molecule has 206 valence electrons. The summed E-state index contributed by atoms with van der Waals surface area (Å²) < 4.78 is 11.4. The van der Waals surface area contributed by atoms with Crippen molar-refractivity contribution in [3.8, 4) is 29.5 Å². The Morgan fingerprint density at radius 3 is 2.46 bits per heavy atom. The Bertz CT molecular complexity index is 1670. The minimum absolute atomic E-state index is 0.0668. The summed E-state index contributed by atoms with van der Waals surface area (Å²) in [7, 11) is 3.15. The summed E-state index contributed by atoms with van der Waals surface area (Å²) in [5, 5.41) is 33.9. The van der Waals surface area contributed by atoms with Crippen LogP contribution in [0, 0.1) is 21.4 Å². The molecule has 0 aliphatic rings. The van der Waals surface area contributed by atoms with Crippen LogP contribution in [0.5, 0.6) is 23.4 Å². The summed E-state index contributed by atoms with van der Waals surface area (Å²) in [5.41, 5.74) is 0.245. The lowest BCUT2D eigenvalue weighted by Crippen LogP contribution is -2.21. The minimum atomic E-state index is -1.34. The average Bonchev–Trinajstić information content (AvgIpc) is 2.95. The number of carboxylic acids is 1. The van der Waals surface area contributed by atoms with E-state index in [1.165, 1.54) is 41.3 Å². The summed E-state index contributed by atoms with van der Waals surface area (Å²) in [6, 6.07) is 20.1. The van der Waals surface area contributed by atoms with Gasteiger partial charge in [0, 0.05) is 26.2 Å². The van der Waals surface area contributed by atoms with E-state index in [1.807, 2.05) is 12.1 Å². The number of nitrogens with one attached hydrogen (secondary N) is 1. The molecule has 3 aromatic carbocycles. The number of aromatic nitrogens is 2. The van der Waals surface area contributed by atoms with E-state index in [0.717, 1.165) is 5.56 Å². The zero-order chi connectivity index (χ0) is 29.5. The van der Waals surface area contributed by atoms with E-state index in [0.29, 0.717) is 0 Å². The zero-order valence-corrected chi connectivity index (χ0v) is 21.8. The highest BCUT2D eigenvalue weighted by molar-refractivity contribution is 5.94. The van der Waals surface area contributed by atoms with Gasteiger partial charge in [-0.2, -0.15) is 15.2 Å². The third-order valence-corrected chi connectivity index (χ3v) is 5.56. The van der Waals surface area contributed by atoms with E-state index in [2.05, 4.69) is 15.3 Å². The maximum absolute atomic E-state index is 12.4. The Kier molecular flexibility index (Phi) is 8.34. The molecule has 0 aliphatic heterocycles. The van der Waals surface area contributed by atoms with Gasteiger partial charge in [0.1, 0.15) is 17.1 Å². The Morgan fingerprint density at radius 2 is 1.80 bits per heavy atom. The van der Waals surface area contributed by atoms with Crippen LogP contribution in [0.25, 0.3) is 0 Å². The van der Waals surface area contributed by atoms with Gasteiger partial charge in [0.25, 0.3) is 5.91 Å². The fraction of sp³-hybridized carbons (Fsp3) is 0.107. The van der Waals surface area contributed by atoms with Crippen LogP contribution >= 0.6 is 0 Å². The van der Waals surface area contributed by atoms with E-state index >= 15 is 0 Å². The predicted octanol–water partition coefficient (Wildman–Crippen LogP) is 4.85. The van der Waals surface area contributed by atoms with Crippen LogP contribution in [0.2, 0.25) is 0 Å². The van der Waals surface area contributed by atoms with Gasteiger partial charge in [0.15, 0.2) is 0 Å². The van der Waals surface area contributed by atoms with Crippen LogP contribution in [-0.2, 0) is 6.54 Å². The summed E-state index contributed by atoms with van der Waals surface area (Å²) in [4.78, 5) is 45.2. The van der Waals surface area contributed by atoms with Crippen LogP contribution < -0.4 is 14.8 Å². The second-order valence-electron chi connectivity index (χ2n) is 8.66. The normalized spacial score (nSPS) is 10.3. The molecule has 0 aliphatic carbocycles. The number of amides is 1. The first kappa shape index (κ1) is 28.0. The van der Waals surface area contributed by atoms with Crippen molar-refractivity contribution < 1.29 is 29.1 Å². The molecule has 41 heavy (non-hydrogen) atoms. The van der Waals surface area contributed by atoms with Gasteiger partial charge in [-0.15, -0.1) is 0 Å². The molecule has 0 spiro atoms. The van der Waals surface area contributed by atoms with Gasteiger partial charge < -0.3 is 24.8 Å². The van der Waals surface area contributed by atoms with Gasteiger partial charge in [-0.05, 0) is 42.0 Å². The maximum Gasteiger partial charge on any atom is 0.373 e. The van der Waals surface area contributed by atoms with Crippen molar-refractivity contribution in [2.45, 2.75) is 6.54 Å². The standard InChI is InChI=1S/C28H22N6O7/c1-33(2)26(35)19-9-6-10-20(14-19)40-25-23(34(38)39)24(30-16-17-7-4-3-5-8-17)31-28(32-25)41-22-13-18(15-29)11-12-21(22)27(36)37/h3-14H,16H2,1-2H3,(H,36,37)(H,30,31,32). The molecular formula is C28H22N6O7. The van der Waals surface area contributed by atoms with Crippen LogP contribution in [0.4, 0.5) is 11.5 Å². The Hall–Kier alpha value is -6.03. The van der Waals surface area contributed by atoms with Crippen molar-refractivity contribution in [2.75, 3.05) is 19.4 Å². The lowest BCUT2D eigenvalue weighted by Gasteiger charge is -2.14. The average molecular weight is 555 g/mol. The highest BCUT2D eigenvalue weighted by Gasteiger charge is 2.29. The van der Waals surface area contributed by atoms with Gasteiger partial charge in [0.2, 0.25) is 5.82 Å². The van der Waals surface area contributed by atoms with Gasteiger partial charge >= 0.3 is 23.5 Å². The monoisotopic (exact) mass is 554 g/mol. The topological polar surface area (TPSA) is 181 Å². The molecule has 0 saturated carbocycles. The summed E-state index contributed by atoms with van der Waals surface area (Å²) >= 11 is 0. The Balaban J connectivity index is 1.82. The molecule has 4 rings (SSSR count). The number of aromatic carboxylic acids is 1. The van der Waals surface area contributed by atoms with Crippen molar-refractivity contribution in [3.05, 3.63) is 105 Å². The lowest BCUT2D eigenvalue weighted by molar-refractivity contribution is -0.385.